The van der Waals surface area contributed by atoms with Gasteiger partial charge in [-0.25, -0.2) is 4.39 Å². The number of hydrogen-bond donors (Lipinski definition) is 1. The number of halogens is 1. The van der Waals surface area contributed by atoms with Crippen molar-refractivity contribution in [1.82, 2.24) is 5.32 Å². The molecule has 1 aromatic carbocycles. The molecule has 1 N–H and O–H groups in total. The van der Waals surface area contributed by atoms with Gasteiger partial charge in [-0.2, -0.15) is 0 Å². The molecule has 0 aliphatic carbocycles. The zero-order chi connectivity index (χ0) is 15.2. The van der Waals surface area contributed by atoms with E-state index in [2.05, 4.69) is 5.32 Å². The molecule has 1 amide bonds. The quantitative estimate of drug-likeness (QED) is 0.840. The summed E-state index contributed by atoms with van der Waals surface area (Å²) in [7, 11) is 0. The summed E-state index contributed by atoms with van der Waals surface area (Å²) in [5.41, 5.74) is 0.427. The van der Waals surface area contributed by atoms with Crippen molar-refractivity contribution in [3.63, 3.8) is 0 Å². The Bertz CT molecular complexity index is 497. The first-order valence-electron chi connectivity index (χ1n) is 6.88. The molecule has 1 aliphatic heterocycles. The molecule has 0 aromatic heterocycles. The second-order valence-corrected chi connectivity index (χ2v) is 4.92. The number of benzene rings is 1. The number of amides is 1. The molecule has 1 aliphatic rings. The highest BCUT2D eigenvalue weighted by molar-refractivity contribution is 5.84. The molecule has 1 fully saturated rings. The van der Waals surface area contributed by atoms with Crippen LogP contribution in [0.25, 0.3) is 0 Å². The van der Waals surface area contributed by atoms with Crippen LogP contribution in [0.1, 0.15) is 31.4 Å². The maximum Gasteiger partial charge on any atom is 0.303 e. The Balaban J connectivity index is 2.01. The van der Waals surface area contributed by atoms with E-state index in [1.807, 2.05) is 0 Å². The molecule has 2 unspecified atom stereocenters. The maximum absolute atomic E-state index is 12.9. The molecule has 0 saturated carbocycles. The van der Waals surface area contributed by atoms with E-state index in [9.17, 15) is 14.0 Å². The first-order valence-corrected chi connectivity index (χ1v) is 6.88. The smallest absolute Gasteiger partial charge is 0.303 e. The van der Waals surface area contributed by atoms with Crippen molar-refractivity contribution in [2.24, 2.45) is 0 Å². The van der Waals surface area contributed by atoms with Crippen LogP contribution in [0.5, 0.6) is 0 Å². The van der Waals surface area contributed by atoms with Crippen molar-refractivity contribution in [3.8, 4) is 0 Å². The molecule has 2 atom stereocenters. The first kappa shape index (κ1) is 15.4. The molecule has 5 nitrogen and oxygen atoms in total. The van der Waals surface area contributed by atoms with Crippen molar-refractivity contribution >= 4 is 11.9 Å². The lowest BCUT2D eigenvalue weighted by Gasteiger charge is -2.18. The molecule has 1 heterocycles. The molecule has 6 heteroatoms. The van der Waals surface area contributed by atoms with Gasteiger partial charge in [-0.1, -0.05) is 12.1 Å². The summed E-state index contributed by atoms with van der Waals surface area (Å²) in [4.78, 5) is 23.3. The zero-order valence-corrected chi connectivity index (χ0v) is 11.8. The van der Waals surface area contributed by atoms with Crippen LogP contribution >= 0.6 is 0 Å². The SMILES string of the molecule is CC(=O)OC(C(=O)NCC1CCCO1)c1ccc(F)cc1. The van der Waals surface area contributed by atoms with Gasteiger partial charge in [0, 0.05) is 25.6 Å². The number of esters is 1. The average Bonchev–Trinajstić information content (AvgIpc) is 2.96. The molecule has 21 heavy (non-hydrogen) atoms. The van der Waals surface area contributed by atoms with E-state index >= 15 is 0 Å². The Labute approximate surface area is 122 Å². The summed E-state index contributed by atoms with van der Waals surface area (Å²) in [5.74, 6) is -1.43. The molecule has 2 rings (SSSR count). The number of hydrogen-bond acceptors (Lipinski definition) is 4. The largest absolute Gasteiger partial charge is 0.447 e. The van der Waals surface area contributed by atoms with E-state index in [1.54, 1.807) is 0 Å². The van der Waals surface area contributed by atoms with Gasteiger partial charge in [0.15, 0.2) is 0 Å². The summed E-state index contributed by atoms with van der Waals surface area (Å²) >= 11 is 0. The average molecular weight is 295 g/mol. The molecule has 1 saturated heterocycles. The minimum absolute atomic E-state index is 0.000135. The molecular weight excluding hydrogens is 277 g/mol. The molecule has 0 bridgehead atoms. The fourth-order valence-corrected chi connectivity index (χ4v) is 2.19. The Morgan fingerprint density at radius 1 is 1.43 bits per heavy atom. The van der Waals surface area contributed by atoms with Crippen LogP contribution in [0, 0.1) is 5.82 Å². The number of carbonyl (C=O) groups is 2. The van der Waals surface area contributed by atoms with E-state index in [-0.39, 0.29) is 6.10 Å². The van der Waals surface area contributed by atoms with Crippen LogP contribution in [-0.4, -0.2) is 31.1 Å². The van der Waals surface area contributed by atoms with E-state index < -0.39 is 23.8 Å². The maximum atomic E-state index is 12.9. The highest BCUT2D eigenvalue weighted by atomic mass is 19.1. The van der Waals surface area contributed by atoms with Gasteiger partial charge in [-0.15, -0.1) is 0 Å². The van der Waals surface area contributed by atoms with Gasteiger partial charge >= 0.3 is 5.97 Å². The number of nitrogens with one attached hydrogen (secondary N) is 1. The van der Waals surface area contributed by atoms with Gasteiger partial charge in [-0.3, -0.25) is 9.59 Å². The third-order valence-electron chi connectivity index (χ3n) is 3.22. The lowest BCUT2D eigenvalue weighted by atomic mass is 10.1. The topological polar surface area (TPSA) is 64.6 Å². The third kappa shape index (κ3) is 4.53. The van der Waals surface area contributed by atoms with Crippen molar-refractivity contribution in [2.45, 2.75) is 32.0 Å². The van der Waals surface area contributed by atoms with Crippen molar-refractivity contribution < 1.29 is 23.5 Å². The van der Waals surface area contributed by atoms with Crippen molar-refractivity contribution in [1.29, 1.82) is 0 Å². The summed E-state index contributed by atoms with van der Waals surface area (Å²) < 4.78 is 23.4. The fourth-order valence-electron chi connectivity index (χ4n) is 2.19. The minimum atomic E-state index is -1.08. The van der Waals surface area contributed by atoms with E-state index in [0.717, 1.165) is 12.8 Å². The van der Waals surface area contributed by atoms with E-state index in [1.165, 1.54) is 31.2 Å². The van der Waals surface area contributed by atoms with Crippen LogP contribution in [0.15, 0.2) is 24.3 Å². The monoisotopic (exact) mass is 295 g/mol. The van der Waals surface area contributed by atoms with Gasteiger partial charge in [-0.05, 0) is 25.0 Å². The van der Waals surface area contributed by atoms with E-state index in [0.29, 0.717) is 18.7 Å². The second-order valence-electron chi connectivity index (χ2n) is 4.92. The summed E-state index contributed by atoms with van der Waals surface area (Å²) in [6.07, 6.45) is 0.797. The lowest BCUT2D eigenvalue weighted by molar-refractivity contribution is -0.154. The Morgan fingerprint density at radius 3 is 2.71 bits per heavy atom. The highest BCUT2D eigenvalue weighted by Gasteiger charge is 2.25. The van der Waals surface area contributed by atoms with Gasteiger partial charge in [0.2, 0.25) is 6.10 Å². The molecule has 0 radical (unpaired) electrons. The fraction of sp³-hybridized carbons (Fsp3) is 0.467. The van der Waals surface area contributed by atoms with Crippen LogP contribution in [0.2, 0.25) is 0 Å². The number of rotatable bonds is 5. The number of carbonyl (C=O) groups excluding carboxylic acids is 2. The summed E-state index contributed by atoms with van der Waals surface area (Å²) in [5, 5.41) is 2.71. The van der Waals surface area contributed by atoms with Gasteiger partial charge in [0.1, 0.15) is 5.82 Å². The van der Waals surface area contributed by atoms with E-state index in [4.69, 9.17) is 9.47 Å². The first-order chi connectivity index (χ1) is 10.1. The van der Waals surface area contributed by atoms with Crippen molar-refractivity contribution in [2.75, 3.05) is 13.2 Å². The minimum Gasteiger partial charge on any atom is -0.447 e. The summed E-state index contributed by atoms with van der Waals surface area (Å²) in [6, 6.07) is 5.29. The van der Waals surface area contributed by atoms with Gasteiger partial charge in [0.05, 0.1) is 6.10 Å². The highest BCUT2D eigenvalue weighted by Crippen LogP contribution is 2.19. The second kappa shape index (κ2) is 7.17. The molecule has 114 valence electrons. The Morgan fingerprint density at radius 2 is 2.14 bits per heavy atom. The summed E-state index contributed by atoms with van der Waals surface area (Å²) in [6.45, 7) is 2.30. The van der Waals surface area contributed by atoms with Crippen LogP contribution < -0.4 is 5.32 Å². The van der Waals surface area contributed by atoms with Gasteiger partial charge < -0.3 is 14.8 Å². The van der Waals surface area contributed by atoms with Crippen LogP contribution in [0.3, 0.4) is 0 Å². The van der Waals surface area contributed by atoms with Crippen molar-refractivity contribution in [3.05, 3.63) is 35.6 Å². The predicted molar refractivity (Wildman–Crippen MR) is 72.9 cm³/mol. The van der Waals surface area contributed by atoms with Crippen LogP contribution in [-0.2, 0) is 19.1 Å². The third-order valence-corrected chi connectivity index (χ3v) is 3.22. The molecular formula is C15H18FNO4. The Hall–Kier alpha value is -1.95. The molecule has 1 aromatic rings. The van der Waals surface area contributed by atoms with Crippen LogP contribution in [0.4, 0.5) is 4.39 Å². The Kier molecular flexibility index (Phi) is 5.27. The molecule has 0 spiro atoms. The van der Waals surface area contributed by atoms with Gasteiger partial charge in [0.25, 0.3) is 5.91 Å². The number of ether oxygens (including phenoxy) is 2. The normalized spacial score (nSPS) is 19.0. The standard InChI is InChI=1S/C15H18FNO4/c1-10(18)21-14(11-4-6-12(16)7-5-11)15(19)17-9-13-3-2-8-20-13/h4-7,13-14H,2-3,8-9H2,1H3,(H,17,19). The lowest BCUT2D eigenvalue weighted by Crippen LogP contribution is -2.36. The zero-order valence-electron chi connectivity index (χ0n) is 11.8. The predicted octanol–water partition coefficient (Wildman–Crippen LogP) is 1.73.